The molecule has 5 aromatic rings. The zero-order valence-electron chi connectivity index (χ0n) is 27.7. The number of aromatic nitrogens is 6. The van der Waals surface area contributed by atoms with Gasteiger partial charge in [0, 0.05) is 46.7 Å². The van der Waals surface area contributed by atoms with Crippen LogP contribution in [-0.2, 0) is 29.9 Å². The number of benzene rings is 1. The molecular formula is C36H29F7N6O3. The van der Waals surface area contributed by atoms with Gasteiger partial charge in [-0.05, 0) is 87.4 Å². The van der Waals surface area contributed by atoms with E-state index in [-0.39, 0.29) is 29.8 Å². The number of aromatic amines is 1. The van der Waals surface area contributed by atoms with Crippen molar-refractivity contribution >= 4 is 11.4 Å². The van der Waals surface area contributed by atoms with Gasteiger partial charge in [0.05, 0.1) is 5.69 Å². The van der Waals surface area contributed by atoms with Crippen molar-refractivity contribution in [2.45, 2.75) is 76.1 Å². The van der Waals surface area contributed by atoms with Crippen LogP contribution in [-0.4, -0.2) is 45.9 Å². The molecule has 0 amide bonds. The molecular weight excluding hydrogens is 697 g/mol. The number of nitrogens with one attached hydrogen (secondary N) is 1. The molecule has 0 unspecified atom stereocenters. The minimum Gasteiger partial charge on any atom is -0.378 e. The van der Waals surface area contributed by atoms with Crippen molar-refractivity contribution in [1.29, 1.82) is 0 Å². The van der Waals surface area contributed by atoms with Crippen molar-refractivity contribution in [3.05, 3.63) is 104 Å². The number of alkyl halides is 5. The minimum atomic E-state index is -5.03. The van der Waals surface area contributed by atoms with Crippen LogP contribution >= 0.6 is 0 Å². The molecule has 1 saturated carbocycles. The summed E-state index contributed by atoms with van der Waals surface area (Å²) >= 11 is 0. The number of hydrogen-bond acceptors (Lipinski definition) is 6. The molecule has 3 atom stereocenters. The molecule has 52 heavy (non-hydrogen) atoms. The third kappa shape index (κ3) is 6.38. The SMILES string of the molecule is Cc1c(-c2ccc(C#CC(C)(C)O)nc2[C@@H](CC(=O)Cn2nc(C(F)(F)F)c3c2C(F)(F)[C@@H]2C[C@H]32)Cc2cc(F)cc(F)c2)ccc2n[nH]c(=O)n12. The van der Waals surface area contributed by atoms with E-state index in [0.29, 0.717) is 33.2 Å². The van der Waals surface area contributed by atoms with Gasteiger partial charge in [0.1, 0.15) is 35.2 Å². The fourth-order valence-electron chi connectivity index (χ4n) is 7.11. The van der Waals surface area contributed by atoms with Crippen molar-refractivity contribution in [2.75, 3.05) is 0 Å². The van der Waals surface area contributed by atoms with Gasteiger partial charge in [0.2, 0.25) is 0 Å². The van der Waals surface area contributed by atoms with Gasteiger partial charge in [-0.3, -0.25) is 9.48 Å². The number of carbonyl (C=O) groups excluding carboxylic acids is 1. The highest BCUT2D eigenvalue weighted by molar-refractivity contribution is 5.80. The maximum absolute atomic E-state index is 15.3. The summed E-state index contributed by atoms with van der Waals surface area (Å²) in [7, 11) is 0. The Labute approximate surface area is 290 Å². The summed E-state index contributed by atoms with van der Waals surface area (Å²) in [6, 6.07) is 9.07. The van der Waals surface area contributed by atoms with Crippen LogP contribution in [0.4, 0.5) is 30.7 Å². The Hall–Kier alpha value is -5.30. The number of pyridine rings is 2. The van der Waals surface area contributed by atoms with Crippen LogP contribution in [0.3, 0.4) is 0 Å². The Morgan fingerprint density at radius 1 is 1.10 bits per heavy atom. The standard InChI is InChI=1S/C36H29F7N6O3/c1-17-24(6-7-28-45-46-33(51)49(17)28)25-5-4-22(8-9-34(2,3)52)44-30(25)19(10-18-11-20(37)14-21(38)12-18)13-23(50)16-48-32-29(31(47-48)36(41,42)43)26-15-27(26)35(32,39)40/h4-7,11-12,14,19,26-27,52H,10,13,15-16H2,1-3H3,(H,46,51)/t19-,26+,27-/m1/s1. The van der Waals surface area contributed by atoms with E-state index in [9.17, 15) is 36.6 Å². The van der Waals surface area contributed by atoms with Crippen LogP contribution in [0.2, 0.25) is 0 Å². The zero-order chi connectivity index (χ0) is 37.5. The lowest BCUT2D eigenvalue weighted by molar-refractivity contribution is -0.142. The molecule has 0 bridgehead atoms. The maximum atomic E-state index is 15.3. The van der Waals surface area contributed by atoms with Gasteiger partial charge in [-0.1, -0.05) is 5.92 Å². The third-order valence-corrected chi connectivity index (χ3v) is 9.33. The molecule has 9 nitrogen and oxygen atoms in total. The quantitative estimate of drug-likeness (QED) is 0.145. The highest BCUT2D eigenvalue weighted by atomic mass is 19.4. The highest BCUT2D eigenvalue weighted by Gasteiger charge is 2.68. The van der Waals surface area contributed by atoms with Crippen molar-refractivity contribution < 1.29 is 40.6 Å². The molecule has 16 heteroatoms. The number of halogens is 7. The average Bonchev–Trinajstić information content (AvgIpc) is 3.53. The number of H-pyrrole nitrogens is 1. The normalized spacial score (nSPS) is 18.1. The molecule has 0 spiro atoms. The predicted molar refractivity (Wildman–Crippen MR) is 171 cm³/mol. The summed E-state index contributed by atoms with van der Waals surface area (Å²) in [6.07, 6.45) is -5.93. The van der Waals surface area contributed by atoms with E-state index < -0.39 is 88.5 Å². The molecule has 2 aliphatic rings. The van der Waals surface area contributed by atoms with Crippen molar-refractivity contribution in [1.82, 2.24) is 29.4 Å². The summed E-state index contributed by atoms with van der Waals surface area (Å²) in [5, 5.41) is 20.0. The lowest BCUT2D eigenvalue weighted by Gasteiger charge is -2.22. The van der Waals surface area contributed by atoms with Gasteiger partial charge in [-0.15, -0.1) is 0 Å². The first kappa shape index (κ1) is 35.1. The highest BCUT2D eigenvalue weighted by Crippen LogP contribution is 2.68. The first-order valence-electron chi connectivity index (χ1n) is 16.2. The number of fused-ring (bicyclic) bond motifs is 4. The summed E-state index contributed by atoms with van der Waals surface area (Å²) < 4.78 is 103. The Bertz CT molecular complexity index is 2370. The smallest absolute Gasteiger partial charge is 0.378 e. The number of carbonyl (C=O) groups is 1. The number of hydrogen-bond donors (Lipinski definition) is 2. The zero-order valence-corrected chi connectivity index (χ0v) is 27.7. The van der Waals surface area contributed by atoms with E-state index in [0.717, 1.165) is 12.1 Å². The number of rotatable bonds is 8. The summed E-state index contributed by atoms with van der Waals surface area (Å²) in [5.41, 5.74) is -3.06. The third-order valence-electron chi connectivity index (χ3n) is 9.33. The molecule has 270 valence electrons. The monoisotopic (exact) mass is 726 g/mol. The van der Waals surface area contributed by atoms with Gasteiger partial charge in [0.15, 0.2) is 17.1 Å². The molecule has 1 aromatic carbocycles. The summed E-state index contributed by atoms with van der Waals surface area (Å²) in [6.45, 7) is 3.58. The second kappa shape index (κ2) is 12.1. The number of nitrogens with zero attached hydrogens (tertiary/aromatic N) is 5. The second-order valence-corrected chi connectivity index (χ2v) is 13.8. The molecule has 2 N–H and O–H groups in total. The van der Waals surface area contributed by atoms with Crippen molar-refractivity contribution in [3.8, 4) is 23.0 Å². The number of aryl methyl sites for hydroxylation is 1. The minimum absolute atomic E-state index is 0.0974. The van der Waals surface area contributed by atoms with Crippen LogP contribution in [0.15, 0.2) is 47.3 Å². The van der Waals surface area contributed by atoms with E-state index >= 15 is 8.78 Å². The van der Waals surface area contributed by atoms with Gasteiger partial charge in [0.25, 0.3) is 5.92 Å². The van der Waals surface area contributed by atoms with Crippen LogP contribution in [0.1, 0.15) is 78.1 Å². The topological polar surface area (TPSA) is 118 Å². The lowest BCUT2D eigenvalue weighted by atomic mass is 9.86. The molecule has 0 radical (unpaired) electrons. The Morgan fingerprint density at radius 3 is 2.46 bits per heavy atom. The first-order chi connectivity index (χ1) is 24.3. The van der Waals surface area contributed by atoms with Crippen molar-refractivity contribution in [2.24, 2.45) is 5.92 Å². The lowest BCUT2D eigenvalue weighted by Crippen LogP contribution is -2.24. The van der Waals surface area contributed by atoms with Gasteiger partial charge in [-0.25, -0.2) is 28.1 Å². The number of Topliss-reactive ketones (excluding diaryl/α,β-unsaturated/α-hetero) is 1. The summed E-state index contributed by atoms with van der Waals surface area (Å²) in [5.74, 6) is -4.24. The molecule has 0 saturated heterocycles. The molecule has 7 rings (SSSR count). The van der Waals surface area contributed by atoms with Gasteiger partial charge < -0.3 is 5.11 Å². The average molecular weight is 727 g/mol. The van der Waals surface area contributed by atoms with Crippen molar-refractivity contribution in [3.63, 3.8) is 0 Å². The fourth-order valence-corrected chi connectivity index (χ4v) is 7.11. The summed E-state index contributed by atoms with van der Waals surface area (Å²) in [4.78, 5) is 31.1. The van der Waals surface area contributed by atoms with E-state index in [2.05, 4.69) is 27.1 Å². The number of aliphatic hydroxyl groups is 1. The second-order valence-electron chi connectivity index (χ2n) is 13.8. The number of ketones is 1. The molecule has 1 fully saturated rings. The van der Waals surface area contributed by atoms with E-state index in [1.54, 1.807) is 25.1 Å². The molecule has 4 heterocycles. The molecule has 4 aromatic heterocycles. The van der Waals surface area contributed by atoms with Crippen LogP contribution in [0.25, 0.3) is 16.8 Å². The van der Waals surface area contributed by atoms with E-state index in [1.807, 2.05) is 0 Å². The predicted octanol–water partition coefficient (Wildman–Crippen LogP) is 6.20. The van der Waals surface area contributed by atoms with E-state index in [1.165, 1.54) is 24.3 Å². The van der Waals surface area contributed by atoms with Gasteiger partial charge in [-0.2, -0.15) is 32.1 Å². The van der Waals surface area contributed by atoms with E-state index in [4.69, 9.17) is 4.98 Å². The molecule has 2 aliphatic carbocycles. The van der Waals surface area contributed by atoms with Crippen LogP contribution in [0, 0.1) is 36.3 Å². The molecule has 0 aliphatic heterocycles. The fraction of sp³-hybridized carbons (Fsp3) is 0.361. The Kier molecular flexibility index (Phi) is 8.20. The van der Waals surface area contributed by atoms with Gasteiger partial charge >= 0.3 is 11.9 Å². The van der Waals surface area contributed by atoms with Crippen LogP contribution in [0.5, 0.6) is 0 Å². The Morgan fingerprint density at radius 2 is 1.79 bits per heavy atom. The van der Waals surface area contributed by atoms with Crippen LogP contribution < -0.4 is 5.69 Å². The maximum Gasteiger partial charge on any atom is 0.435 e. The Balaban J connectivity index is 1.35. The first-order valence-corrected chi connectivity index (χ1v) is 16.2. The largest absolute Gasteiger partial charge is 0.435 e.